The van der Waals surface area contributed by atoms with Gasteiger partial charge in [0.25, 0.3) is 0 Å². The molecule has 1 rings (SSSR count). The lowest BCUT2D eigenvalue weighted by Crippen LogP contribution is -2.04. The number of rotatable bonds is 4. The summed E-state index contributed by atoms with van der Waals surface area (Å²) in [5.74, 6) is 1.23. The minimum Gasteiger partial charge on any atom is -0.396 e. The monoisotopic (exact) mass is 194 g/mol. The maximum atomic E-state index is 8.73. The number of aliphatic hydroxyl groups is 1. The molecule has 0 aliphatic heterocycles. The largest absolute Gasteiger partial charge is 0.396 e. The maximum Gasteiger partial charge on any atom is 0.131 e. The van der Waals surface area contributed by atoms with Gasteiger partial charge in [0.05, 0.1) is 0 Å². The van der Waals surface area contributed by atoms with Crippen LogP contribution in [-0.4, -0.2) is 21.7 Å². The van der Waals surface area contributed by atoms with Gasteiger partial charge in [0.2, 0.25) is 0 Å². The summed E-state index contributed by atoms with van der Waals surface area (Å²) in [4.78, 5) is 8.79. The Morgan fingerprint density at radius 3 is 2.36 bits per heavy atom. The van der Waals surface area contributed by atoms with Crippen molar-refractivity contribution in [2.75, 3.05) is 6.61 Å². The molecule has 1 atom stereocenters. The third-order valence-electron chi connectivity index (χ3n) is 2.24. The van der Waals surface area contributed by atoms with Crippen molar-refractivity contribution in [1.29, 1.82) is 0 Å². The normalized spacial score (nSPS) is 12.9. The number of hydrogen-bond donors (Lipinski definition) is 1. The van der Waals surface area contributed by atoms with Crippen molar-refractivity contribution in [2.45, 2.75) is 39.5 Å². The summed E-state index contributed by atoms with van der Waals surface area (Å²) in [5, 5.41) is 8.73. The predicted octanol–water partition coefficient (Wildman–Crippen LogP) is 1.97. The zero-order chi connectivity index (χ0) is 10.6. The Kier molecular flexibility index (Phi) is 4.01. The van der Waals surface area contributed by atoms with Gasteiger partial charge in [-0.25, -0.2) is 9.97 Å². The summed E-state index contributed by atoms with van der Waals surface area (Å²) in [6.07, 6.45) is 1.76. The average Bonchev–Trinajstić information content (AvgIpc) is 2.12. The van der Waals surface area contributed by atoms with E-state index in [0.717, 1.165) is 30.1 Å². The van der Waals surface area contributed by atoms with E-state index in [-0.39, 0.29) is 6.61 Å². The van der Waals surface area contributed by atoms with Gasteiger partial charge in [-0.15, -0.1) is 0 Å². The molecule has 1 aromatic heterocycles. The Hall–Kier alpha value is -0.960. The van der Waals surface area contributed by atoms with E-state index in [1.807, 2.05) is 19.9 Å². The molecule has 14 heavy (non-hydrogen) atoms. The lowest BCUT2D eigenvalue weighted by atomic mass is 10.0. The van der Waals surface area contributed by atoms with Gasteiger partial charge >= 0.3 is 0 Å². The van der Waals surface area contributed by atoms with Crippen LogP contribution in [0.25, 0.3) is 0 Å². The minimum atomic E-state index is 0.245. The van der Waals surface area contributed by atoms with Crippen molar-refractivity contribution in [3.63, 3.8) is 0 Å². The zero-order valence-corrected chi connectivity index (χ0v) is 9.12. The molecule has 0 saturated heterocycles. The van der Waals surface area contributed by atoms with Crippen LogP contribution in [0.3, 0.4) is 0 Å². The summed E-state index contributed by atoms with van der Waals surface area (Å²) in [6, 6.07) is 1.97. The van der Waals surface area contributed by atoms with E-state index in [0.29, 0.717) is 5.92 Å². The lowest BCUT2D eigenvalue weighted by molar-refractivity contribution is 0.280. The SMILES string of the molecule is Cc1cc(C)nc(C(C)CCCO)n1. The number of aromatic nitrogens is 2. The first-order chi connectivity index (χ1) is 6.63. The van der Waals surface area contributed by atoms with E-state index < -0.39 is 0 Å². The quantitative estimate of drug-likeness (QED) is 0.797. The molecule has 0 spiro atoms. The zero-order valence-electron chi connectivity index (χ0n) is 9.12. The molecular formula is C11H18N2O. The van der Waals surface area contributed by atoms with Crippen molar-refractivity contribution in [1.82, 2.24) is 9.97 Å². The molecule has 1 heterocycles. The first-order valence-corrected chi connectivity index (χ1v) is 5.06. The minimum absolute atomic E-state index is 0.245. The molecule has 1 N–H and O–H groups in total. The van der Waals surface area contributed by atoms with Crippen molar-refractivity contribution in [2.24, 2.45) is 0 Å². The predicted molar refractivity (Wildman–Crippen MR) is 56.2 cm³/mol. The van der Waals surface area contributed by atoms with Gasteiger partial charge in [0.1, 0.15) is 5.82 Å². The van der Waals surface area contributed by atoms with E-state index in [9.17, 15) is 0 Å². The fraction of sp³-hybridized carbons (Fsp3) is 0.636. The Balaban J connectivity index is 2.73. The molecule has 0 aromatic carbocycles. The van der Waals surface area contributed by atoms with Crippen LogP contribution in [0, 0.1) is 13.8 Å². The molecule has 3 heteroatoms. The fourth-order valence-corrected chi connectivity index (χ4v) is 1.50. The van der Waals surface area contributed by atoms with Gasteiger partial charge in [0, 0.05) is 23.9 Å². The van der Waals surface area contributed by atoms with Gasteiger partial charge in [-0.3, -0.25) is 0 Å². The first kappa shape index (κ1) is 11.1. The highest BCUT2D eigenvalue weighted by molar-refractivity contribution is 5.10. The summed E-state index contributed by atoms with van der Waals surface area (Å²) >= 11 is 0. The Bertz CT molecular complexity index is 279. The molecule has 0 fully saturated rings. The summed E-state index contributed by atoms with van der Waals surface area (Å²) in [5.41, 5.74) is 2.03. The maximum absolute atomic E-state index is 8.73. The summed E-state index contributed by atoms with van der Waals surface area (Å²) in [6.45, 7) is 6.31. The van der Waals surface area contributed by atoms with E-state index in [1.54, 1.807) is 0 Å². The van der Waals surface area contributed by atoms with Crippen LogP contribution in [-0.2, 0) is 0 Å². The van der Waals surface area contributed by atoms with E-state index >= 15 is 0 Å². The fourth-order valence-electron chi connectivity index (χ4n) is 1.50. The molecule has 1 aromatic rings. The van der Waals surface area contributed by atoms with Crippen LogP contribution >= 0.6 is 0 Å². The highest BCUT2D eigenvalue weighted by Gasteiger charge is 2.08. The highest BCUT2D eigenvalue weighted by Crippen LogP contribution is 2.17. The van der Waals surface area contributed by atoms with Crippen LogP contribution in [0.5, 0.6) is 0 Å². The average molecular weight is 194 g/mol. The van der Waals surface area contributed by atoms with Gasteiger partial charge in [-0.1, -0.05) is 6.92 Å². The second kappa shape index (κ2) is 5.05. The van der Waals surface area contributed by atoms with E-state index in [4.69, 9.17) is 5.11 Å². The van der Waals surface area contributed by atoms with Crippen molar-refractivity contribution in [3.05, 3.63) is 23.3 Å². The molecule has 0 aliphatic carbocycles. The second-order valence-corrected chi connectivity index (χ2v) is 3.78. The third kappa shape index (κ3) is 3.07. The molecular weight excluding hydrogens is 176 g/mol. The molecule has 0 radical (unpaired) electrons. The molecule has 0 saturated carbocycles. The second-order valence-electron chi connectivity index (χ2n) is 3.78. The Morgan fingerprint density at radius 1 is 1.29 bits per heavy atom. The topological polar surface area (TPSA) is 46.0 Å². The van der Waals surface area contributed by atoms with Crippen LogP contribution in [0.2, 0.25) is 0 Å². The number of nitrogens with zero attached hydrogens (tertiary/aromatic N) is 2. The summed E-state index contributed by atoms with van der Waals surface area (Å²) < 4.78 is 0. The van der Waals surface area contributed by atoms with Gasteiger partial charge in [-0.2, -0.15) is 0 Å². The van der Waals surface area contributed by atoms with Crippen molar-refractivity contribution >= 4 is 0 Å². The summed E-state index contributed by atoms with van der Waals surface area (Å²) in [7, 11) is 0. The molecule has 78 valence electrons. The van der Waals surface area contributed by atoms with Crippen LogP contribution in [0.4, 0.5) is 0 Å². The molecule has 0 bridgehead atoms. The first-order valence-electron chi connectivity index (χ1n) is 5.06. The van der Waals surface area contributed by atoms with Crippen LogP contribution in [0.15, 0.2) is 6.07 Å². The number of aliphatic hydroxyl groups excluding tert-OH is 1. The molecule has 0 amide bonds. The highest BCUT2D eigenvalue weighted by atomic mass is 16.2. The molecule has 3 nitrogen and oxygen atoms in total. The Labute approximate surface area is 85.2 Å². The van der Waals surface area contributed by atoms with Crippen molar-refractivity contribution in [3.8, 4) is 0 Å². The number of aryl methyl sites for hydroxylation is 2. The van der Waals surface area contributed by atoms with E-state index in [1.165, 1.54) is 0 Å². The van der Waals surface area contributed by atoms with Crippen molar-refractivity contribution < 1.29 is 5.11 Å². The smallest absolute Gasteiger partial charge is 0.131 e. The number of hydrogen-bond acceptors (Lipinski definition) is 3. The Morgan fingerprint density at radius 2 is 1.86 bits per heavy atom. The van der Waals surface area contributed by atoms with Crippen LogP contribution in [0.1, 0.15) is 42.9 Å². The van der Waals surface area contributed by atoms with Gasteiger partial charge < -0.3 is 5.11 Å². The van der Waals surface area contributed by atoms with Gasteiger partial charge in [0.15, 0.2) is 0 Å². The van der Waals surface area contributed by atoms with Crippen LogP contribution < -0.4 is 0 Å². The van der Waals surface area contributed by atoms with Gasteiger partial charge in [-0.05, 0) is 32.8 Å². The standard InChI is InChI=1S/C11H18N2O/c1-8(5-4-6-14)11-12-9(2)7-10(3)13-11/h7-8,14H,4-6H2,1-3H3. The molecule has 1 unspecified atom stereocenters. The molecule has 0 aliphatic rings. The lowest BCUT2D eigenvalue weighted by Gasteiger charge is -2.10. The van der Waals surface area contributed by atoms with E-state index in [2.05, 4.69) is 16.9 Å². The third-order valence-corrected chi connectivity index (χ3v) is 2.24.